The second-order valence-electron chi connectivity index (χ2n) is 13.6. The predicted octanol–water partition coefficient (Wildman–Crippen LogP) is 7.75. The van der Waals surface area contributed by atoms with E-state index in [-0.39, 0.29) is 17.4 Å². The van der Waals surface area contributed by atoms with Crippen molar-refractivity contribution in [2.75, 3.05) is 32.3 Å². The lowest BCUT2D eigenvalue weighted by Crippen LogP contribution is -2.42. The number of anilines is 2. The number of carbonyl (C=O) groups is 1. The lowest BCUT2D eigenvalue weighted by Gasteiger charge is -2.37. The summed E-state index contributed by atoms with van der Waals surface area (Å²) in [5.74, 6) is 1.09. The molecule has 0 unspecified atom stereocenters. The summed E-state index contributed by atoms with van der Waals surface area (Å²) >= 11 is 0. The van der Waals surface area contributed by atoms with Crippen LogP contribution in [-0.2, 0) is 20.4 Å². The highest BCUT2D eigenvalue weighted by Crippen LogP contribution is 2.38. The number of hydrogen-bond donors (Lipinski definition) is 0. The second kappa shape index (κ2) is 13.5. The van der Waals surface area contributed by atoms with E-state index < -0.39 is 13.9 Å². The molecule has 0 aliphatic carbocycles. The smallest absolute Gasteiger partial charge is 0.312 e. The first kappa shape index (κ1) is 33.9. The standard InChI is InChI=1S/C35H46N4O5Si/c1-34(2,3)44-33(40)17-25-12-11-24(22-36-25)32-23-37-30-14-13-26(20-31(30)38-32)39(15-16-43-45(9,10)35(4,5)6)27-18-28(41-7)21-29(19-27)42-8/h11-14,18-23H,15-17H2,1-10H3. The van der Waals surface area contributed by atoms with Gasteiger partial charge in [-0.2, -0.15) is 0 Å². The summed E-state index contributed by atoms with van der Waals surface area (Å²) in [4.78, 5) is 28.5. The van der Waals surface area contributed by atoms with Crippen LogP contribution in [0.2, 0.25) is 18.1 Å². The fourth-order valence-corrected chi connectivity index (χ4v) is 5.51. The molecule has 4 rings (SSSR count). The number of rotatable bonds is 11. The zero-order valence-electron chi connectivity index (χ0n) is 28.2. The van der Waals surface area contributed by atoms with Crippen molar-refractivity contribution in [1.29, 1.82) is 0 Å². The number of methoxy groups -OCH3 is 2. The molecule has 0 bridgehead atoms. The zero-order chi connectivity index (χ0) is 33.0. The average Bonchev–Trinajstić information content (AvgIpc) is 2.97. The van der Waals surface area contributed by atoms with Crippen molar-refractivity contribution >= 4 is 36.7 Å². The van der Waals surface area contributed by atoms with Crippen LogP contribution in [0.4, 0.5) is 11.4 Å². The molecular weight excluding hydrogens is 584 g/mol. The van der Waals surface area contributed by atoms with Crippen molar-refractivity contribution in [2.45, 2.75) is 71.7 Å². The van der Waals surface area contributed by atoms with Gasteiger partial charge in [-0.25, -0.2) is 4.98 Å². The van der Waals surface area contributed by atoms with Gasteiger partial charge < -0.3 is 23.5 Å². The minimum atomic E-state index is -1.95. The third-order valence-electron chi connectivity index (χ3n) is 7.94. The van der Waals surface area contributed by atoms with Crippen molar-refractivity contribution in [3.8, 4) is 22.8 Å². The Kier molecular flexibility index (Phi) is 10.2. The van der Waals surface area contributed by atoms with Gasteiger partial charge in [0, 0.05) is 47.9 Å². The largest absolute Gasteiger partial charge is 0.497 e. The van der Waals surface area contributed by atoms with E-state index in [1.807, 2.05) is 69.3 Å². The van der Waals surface area contributed by atoms with Gasteiger partial charge in [-0.3, -0.25) is 14.8 Å². The van der Waals surface area contributed by atoms with Gasteiger partial charge in [-0.1, -0.05) is 20.8 Å². The molecule has 0 aliphatic heterocycles. The number of aromatic nitrogens is 3. The molecule has 0 saturated carbocycles. The fourth-order valence-electron chi connectivity index (χ4n) is 4.48. The van der Waals surface area contributed by atoms with Crippen LogP contribution in [0.1, 0.15) is 47.2 Å². The highest BCUT2D eigenvalue weighted by atomic mass is 28.4. The van der Waals surface area contributed by atoms with Gasteiger partial charge in [0.25, 0.3) is 0 Å². The van der Waals surface area contributed by atoms with Crippen LogP contribution in [0.5, 0.6) is 11.5 Å². The average molecular weight is 631 g/mol. The van der Waals surface area contributed by atoms with E-state index in [4.69, 9.17) is 23.6 Å². The van der Waals surface area contributed by atoms with Gasteiger partial charge in [-0.05, 0) is 69.2 Å². The summed E-state index contributed by atoms with van der Waals surface area (Å²) < 4.78 is 23.2. The van der Waals surface area contributed by atoms with Gasteiger partial charge in [0.2, 0.25) is 0 Å². The Morgan fingerprint density at radius 3 is 2.09 bits per heavy atom. The van der Waals surface area contributed by atoms with Crippen molar-refractivity contribution in [2.24, 2.45) is 0 Å². The predicted molar refractivity (Wildman–Crippen MR) is 182 cm³/mol. The zero-order valence-corrected chi connectivity index (χ0v) is 29.2. The maximum atomic E-state index is 12.2. The van der Waals surface area contributed by atoms with Crippen LogP contribution in [0.25, 0.3) is 22.3 Å². The first-order valence-corrected chi connectivity index (χ1v) is 18.1. The van der Waals surface area contributed by atoms with Crippen molar-refractivity contribution < 1.29 is 23.4 Å². The van der Waals surface area contributed by atoms with Gasteiger partial charge >= 0.3 is 5.97 Å². The summed E-state index contributed by atoms with van der Waals surface area (Å²) in [6.07, 6.45) is 3.56. The molecule has 0 spiro atoms. The summed E-state index contributed by atoms with van der Waals surface area (Å²) in [5, 5.41) is 0.106. The molecule has 10 heteroatoms. The molecule has 240 valence electrons. The van der Waals surface area contributed by atoms with Crippen LogP contribution < -0.4 is 14.4 Å². The van der Waals surface area contributed by atoms with Gasteiger partial charge in [-0.15, -0.1) is 0 Å². The van der Waals surface area contributed by atoms with Crippen LogP contribution in [0.3, 0.4) is 0 Å². The normalized spacial score (nSPS) is 12.2. The molecule has 0 atom stereocenters. The molecular formula is C35H46N4O5Si. The number of fused-ring (bicyclic) bond motifs is 1. The monoisotopic (exact) mass is 630 g/mol. The second-order valence-corrected chi connectivity index (χ2v) is 18.4. The van der Waals surface area contributed by atoms with E-state index in [0.29, 0.717) is 36.0 Å². The van der Waals surface area contributed by atoms with E-state index in [1.54, 1.807) is 26.6 Å². The summed E-state index contributed by atoms with van der Waals surface area (Å²) in [5.41, 5.74) is 4.96. The number of esters is 1. The van der Waals surface area contributed by atoms with Crippen molar-refractivity contribution in [1.82, 2.24) is 15.0 Å². The molecule has 45 heavy (non-hydrogen) atoms. The van der Waals surface area contributed by atoms with Crippen molar-refractivity contribution in [3.05, 3.63) is 66.6 Å². The fraction of sp³-hybridized carbons (Fsp3) is 0.429. The first-order valence-electron chi connectivity index (χ1n) is 15.2. The molecule has 4 aromatic rings. The lowest BCUT2D eigenvalue weighted by atomic mass is 10.1. The maximum Gasteiger partial charge on any atom is 0.312 e. The summed E-state index contributed by atoms with van der Waals surface area (Å²) in [7, 11) is 1.34. The van der Waals surface area contributed by atoms with Crippen LogP contribution >= 0.6 is 0 Å². The molecule has 0 saturated heterocycles. The van der Waals surface area contributed by atoms with E-state index in [2.05, 4.69) is 48.7 Å². The Labute approximate surface area is 268 Å². The molecule has 0 amide bonds. The van der Waals surface area contributed by atoms with Gasteiger partial charge in [0.05, 0.1) is 55.9 Å². The maximum absolute atomic E-state index is 12.2. The molecule has 0 aliphatic rings. The highest BCUT2D eigenvalue weighted by molar-refractivity contribution is 6.74. The SMILES string of the molecule is COc1cc(OC)cc(N(CCO[Si](C)(C)C(C)(C)C)c2ccc3ncc(-c4ccc(CC(=O)OC(C)(C)C)nc4)nc3c2)c1. The highest BCUT2D eigenvalue weighted by Gasteiger charge is 2.37. The molecule has 9 nitrogen and oxygen atoms in total. The molecule has 0 N–H and O–H groups in total. The molecule has 0 radical (unpaired) electrons. The lowest BCUT2D eigenvalue weighted by molar-refractivity contribution is -0.154. The molecule has 2 aromatic carbocycles. The van der Waals surface area contributed by atoms with Crippen LogP contribution in [0, 0.1) is 0 Å². The third kappa shape index (κ3) is 8.79. The first-order chi connectivity index (χ1) is 21.1. The number of carbonyl (C=O) groups excluding carboxylic acids is 1. The van der Waals surface area contributed by atoms with Gasteiger partial charge in [0.1, 0.15) is 17.1 Å². The molecule has 2 heterocycles. The van der Waals surface area contributed by atoms with Crippen LogP contribution in [-0.4, -0.2) is 62.2 Å². The number of hydrogen-bond acceptors (Lipinski definition) is 9. The van der Waals surface area contributed by atoms with Crippen LogP contribution in [0.15, 0.2) is 60.9 Å². The van der Waals surface area contributed by atoms with Crippen molar-refractivity contribution in [3.63, 3.8) is 0 Å². The summed E-state index contributed by atoms with van der Waals surface area (Å²) in [6, 6.07) is 15.6. The number of nitrogens with zero attached hydrogens (tertiary/aromatic N) is 4. The molecule has 2 aromatic heterocycles. The quantitative estimate of drug-likeness (QED) is 0.122. The Morgan fingerprint density at radius 2 is 1.51 bits per heavy atom. The van der Waals surface area contributed by atoms with E-state index >= 15 is 0 Å². The molecule has 0 fully saturated rings. The van der Waals surface area contributed by atoms with Gasteiger partial charge in [0.15, 0.2) is 8.32 Å². The Balaban J connectivity index is 1.65. The minimum Gasteiger partial charge on any atom is -0.497 e. The Bertz CT molecular complexity index is 1610. The number of ether oxygens (including phenoxy) is 3. The number of pyridine rings is 1. The third-order valence-corrected chi connectivity index (χ3v) is 12.5. The van der Waals surface area contributed by atoms with E-state index in [0.717, 1.165) is 28.0 Å². The Hall–Kier alpha value is -4.02. The number of benzene rings is 2. The van der Waals surface area contributed by atoms with E-state index in [1.165, 1.54) is 0 Å². The summed E-state index contributed by atoms with van der Waals surface area (Å²) in [6.45, 7) is 18.0. The minimum absolute atomic E-state index is 0.105. The van der Waals surface area contributed by atoms with E-state index in [9.17, 15) is 4.79 Å². The topological polar surface area (TPSA) is 95.9 Å². The Morgan fingerprint density at radius 1 is 0.822 bits per heavy atom.